The molecule has 0 aliphatic heterocycles. The second kappa shape index (κ2) is 5.74. The summed E-state index contributed by atoms with van der Waals surface area (Å²) in [4.78, 5) is 11.7. The van der Waals surface area contributed by atoms with Crippen molar-refractivity contribution < 1.29 is 9.90 Å². The lowest BCUT2D eigenvalue weighted by atomic mass is 10.0. The normalized spacial score (nSPS) is 21.8. The van der Waals surface area contributed by atoms with Crippen molar-refractivity contribution in [2.24, 2.45) is 5.92 Å². The molecule has 0 radical (unpaired) electrons. The number of hydrogen-bond donors (Lipinski definition) is 3. The predicted molar refractivity (Wildman–Crippen MR) is 83.0 cm³/mol. The molecule has 1 aliphatic carbocycles. The van der Waals surface area contributed by atoms with E-state index >= 15 is 0 Å². The van der Waals surface area contributed by atoms with Crippen LogP contribution in [-0.2, 0) is 0 Å². The highest BCUT2D eigenvalue weighted by atomic mass is 16.3. The molecule has 2 aromatic carbocycles. The summed E-state index contributed by atoms with van der Waals surface area (Å²) < 4.78 is 0. The van der Waals surface area contributed by atoms with Crippen molar-refractivity contribution in [1.82, 2.24) is 10.6 Å². The molecular formula is C17H20N2O2. The fourth-order valence-electron chi connectivity index (χ4n) is 2.46. The SMILES string of the molecule is C[C@@H]1C[C@H]1NC(=O)NC[C@H](O)c1ccc2ccccc2c1. The Morgan fingerprint density at radius 3 is 2.71 bits per heavy atom. The lowest BCUT2D eigenvalue weighted by molar-refractivity contribution is 0.173. The van der Waals surface area contributed by atoms with E-state index < -0.39 is 6.10 Å². The fourth-order valence-corrected chi connectivity index (χ4v) is 2.46. The van der Waals surface area contributed by atoms with Gasteiger partial charge in [-0.15, -0.1) is 0 Å². The first kappa shape index (κ1) is 13.9. The molecule has 110 valence electrons. The van der Waals surface area contributed by atoms with E-state index in [0.717, 1.165) is 22.8 Å². The summed E-state index contributed by atoms with van der Waals surface area (Å²) in [6.45, 7) is 2.32. The van der Waals surface area contributed by atoms with Gasteiger partial charge >= 0.3 is 6.03 Å². The van der Waals surface area contributed by atoms with Crippen LogP contribution >= 0.6 is 0 Å². The predicted octanol–water partition coefficient (Wildman–Crippen LogP) is 2.58. The van der Waals surface area contributed by atoms with E-state index in [9.17, 15) is 9.90 Å². The molecule has 3 rings (SSSR count). The molecule has 4 nitrogen and oxygen atoms in total. The summed E-state index contributed by atoms with van der Waals surface area (Å²) in [6.07, 6.45) is 0.345. The van der Waals surface area contributed by atoms with Gasteiger partial charge in [-0.1, -0.05) is 43.3 Å². The maximum absolute atomic E-state index is 11.7. The van der Waals surface area contributed by atoms with E-state index in [1.54, 1.807) is 0 Å². The quantitative estimate of drug-likeness (QED) is 0.808. The molecule has 0 spiro atoms. The monoisotopic (exact) mass is 284 g/mol. The molecule has 0 unspecified atom stereocenters. The topological polar surface area (TPSA) is 61.4 Å². The van der Waals surface area contributed by atoms with Crippen LogP contribution in [0, 0.1) is 5.92 Å². The number of rotatable bonds is 4. The number of aliphatic hydroxyl groups is 1. The zero-order chi connectivity index (χ0) is 14.8. The highest BCUT2D eigenvalue weighted by Crippen LogP contribution is 2.28. The van der Waals surface area contributed by atoms with Crippen LogP contribution in [0.15, 0.2) is 42.5 Å². The number of carbonyl (C=O) groups excluding carboxylic acids is 1. The molecule has 0 bridgehead atoms. The summed E-state index contributed by atoms with van der Waals surface area (Å²) in [5.74, 6) is 0.571. The van der Waals surface area contributed by atoms with Gasteiger partial charge in [-0.3, -0.25) is 0 Å². The smallest absolute Gasteiger partial charge is 0.315 e. The van der Waals surface area contributed by atoms with Crippen LogP contribution in [0.2, 0.25) is 0 Å². The lowest BCUT2D eigenvalue weighted by Gasteiger charge is -2.13. The molecule has 4 heteroatoms. The maximum atomic E-state index is 11.7. The molecule has 0 heterocycles. The van der Waals surface area contributed by atoms with E-state index in [-0.39, 0.29) is 12.6 Å². The van der Waals surface area contributed by atoms with Gasteiger partial charge in [0.1, 0.15) is 0 Å². The number of amides is 2. The second-order valence-electron chi connectivity index (χ2n) is 5.80. The Morgan fingerprint density at radius 2 is 2.00 bits per heavy atom. The van der Waals surface area contributed by atoms with Crippen LogP contribution in [0.4, 0.5) is 4.79 Å². The van der Waals surface area contributed by atoms with Crippen molar-refractivity contribution >= 4 is 16.8 Å². The third kappa shape index (κ3) is 3.34. The average molecular weight is 284 g/mol. The highest BCUT2D eigenvalue weighted by Gasteiger charge is 2.33. The Balaban J connectivity index is 1.58. The van der Waals surface area contributed by atoms with E-state index in [4.69, 9.17) is 0 Å². The van der Waals surface area contributed by atoms with Gasteiger partial charge in [0, 0.05) is 12.6 Å². The average Bonchev–Trinajstić information content (AvgIpc) is 3.19. The second-order valence-corrected chi connectivity index (χ2v) is 5.80. The highest BCUT2D eigenvalue weighted by molar-refractivity contribution is 5.83. The Hall–Kier alpha value is -2.07. The minimum atomic E-state index is -0.697. The summed E-state index contributed by atoms with van der Waals surface area (Å²) in [5, 5.41) is 18.0. The first-order valence-electron chi connectivity index (χ1n) is 7.34. The van der Waals surface area contributed by atoms with E-state index in [1.165, 1.54) is 0 Å². The number of nitrogens with one attached hydrogen (secondary N) is 2. The third-order valence-corrected chi connectivity index (χ3v) is 4.04. The molecule has 1 aliphatic rings. The number of urea groups is 1. The van der Waals surface area contributed by atoms with Crippen LogP contribution < -0.4 is 10.6 Å². The molecule has 2 aromatic rings. The van der Waals surface area contributed by atoms with Crippen molar-refractivity contribution in [3.05, 3.63) is 48.0 Å². The Bertz CT molecular complexity index is 656. The number of aliphatic hydroxyl groups excluding tert-OH is 1. The first-order chi connectivity index (χ1) is 10.1. The number of benzene rings is 2. The maximum Gasteiger partial charge on any atom is 0.315 e. The molecule has 0 aromatic heterocycles. The molecule has 1 saturated carbocycles. The molecular weight excluding hydrogens is 264 g/mol. The lowest BCUT2D eigenvalue weighted by Crippen LogP contribution is -2.39. The van der Waals surface area contributed by atoms with Gasteiger partial charge in [-0.05, 0) is 34.7 Å². The molecule has 21 heavy (non-hydrogen) atoms. The van der Waals surface area contributed by atoms with E-state index in [0.29, 0.717) is 12.0 Å². The minimum absolute atomic E-state index is 0.204. The summed E-state index contributed by atoms with van der Waals surface area (Å²) in [6, 6.07) is 13.9. The van der Waals surface area contributed by atoms with Gasteiger partial charge in [0.2, 0.25) is 0 Å². The Morgan fingerprint density at radius 1 is 1.29 bits per heavy atom. The van der Waals surface area contributed by atoms with Crippen molar-refractivity contribution in [1.29, 1.82) is 0 Å². The Labute approximate surface area is 124 Å². The van der Waals surface area contributed by atoms with Crippen molar-refractivity contribution in [3.63, 3.8) is 0 Å². The van der Waals surface area contributed by atoms with Gasteiger partial charge in [0.15, 0.2) is 0 Å². The number of carbonyl (C=O) groups is 1. The molecule has 3 N–H and O–H groups in total. The molecule has 0 saturated heterocycles. The van der Waals surface area contributed by atoms with Crippen LogP contribution in [0.25, 0.3) is 10.8 Å². The zero-order valence-electron chi connectivity index (χ0n) is 12.0. The van der Waals surface area contributed by atoms with Crippen LogP contribution in [-0.4, -0.2) is 23.7 Å². The van der Waals surface area contributed by atoms with Crippen molar-refractivity contribution in [2.45, 2.75) is 25.5 Å². The zero-order valence-corrected chi connectivity index (χ0v) is 12.0. The third-order valence-electron chi connectivity index (χ3n) is 4.04. The van der Waals surface area contributed by atoms with Crippen molar-refractivity contribution in [3.8, 4) is 0 Å². The van der Waals surface area contributed by atoms with Crippen LogP contribution in [0.3, 0.4) is 0 Å². The molecule has 1 fully saturated rings. The van der Waals surface area contributed by atoms with Gasteiger partial charge in [0.05, 0.1) is 6.10 Å². The van der Waals surface area contributed by atoms with Crippen molar-refractivity contribution in [2.75, 3.05) is 6.54 Å². The van der Waals surface area contributed by atoms with Gasteiger partial charge in [-0.25, -0.2) is 4.79 Å². The first-order valence-corrected chi connectivity index (χ1v) is 7.34. The van der Waals surface area contributed by atoms with E-state index in [2.05, 4.69) is 17.6 Å². The minimum Gasteiger partial charge on any atom is -0.387 e. The number of hydrogen-bond acceptors (Lipinski definition) is 2. The molecule has 3 atom stereocenters. The van der Waals surface area contributed by atoms with Gasteiger partial charge in [0.25, 0.3) is 0 Å². The number of fused-ring (bicyclic) bond motifs is 1. The summed E-state index contributed by atoms with van der Waals surface area (Å²) >= 11 is 0. The summed E-state index contributed by atoms with van der Waals surface area (Å²) in [7, 11) is 0. The largest absolute Gasteiger partial charge is 0.387 e. The molecule has 2 amide bonds. The van der Waals surface area contributed by atoms with E-state index in [1.807, 2.05) is 42.5 Å². The van der Waals surface area contributed by atoms with Crippen LogP contribution in [0.1, 0.15) is 25.0 Å². The standard InChI is InChI=1S/C17H20N2O2/c1-11-8-15(11)19-17(21)18-10-16(20)14-7-6-12-4-2-3-5-13(12)9-14/h2-7,9,11,15-16,20H,8,10H2,1H3,(H2,18,19,21)/t11-,15-,16+/m1/s1. The van der Waals surface area contributed by atoms with Gasteiger partial charge < -0.3 is 15.7 Å². The van der Waals surface area contributed by atoms with Crippen LogP contribution in [0.5, 0.6) is 0 Å². The Kier molecular flexibility index (Phi) is 3.80. The van der Waals surface area contributed by atoms with Gasteiger partial charge in [-0.2, -0.15) is 0 Å². The summed E-state index contributed by atoms with van der Waals surface area (Å²) in [5.41, 5.74) is 0.814. The fraction of sp³-hybridized carbons (Fsp3) is 0.353.